The third-order valence-electron chi connectivity index (χ3n) is 3.02. The van der Waals surface area contributed by atoms with Crippen molar-refractivity contribution in [2.24, 2.45) is 0 Å². The van der Waals surface area contributed by atoms with Crippen LogP contribution in [0.25, 0.3) is 0 Å². The molecule has 0 heterocycles. The highest BCUT2D eigenvalue weighted by molar-refractivity contribution is 5.36. The second-order valence-electron chi connectivity index (χ2n) is 4.52. The van der Waals surface area contributed by atoms with E-state index in [1.807, 2.05) is 6.92 Å². The van der Waals surface area contributed by atoms with E-state index in [0.29, 0.717) is 11.6 Å². The summed E-state index contributed by atoms with van der Waals surface area (Å²) in [6.07, 6.45) is -6.22. The number of aryl methyl sites for hydroxylation is 1. The van der Waals surface area contributed by atoms with E-state index >= 15 is 0 Å². The number of hydrogen-bond acceptors (Lipinski definition) is 1. The van der Waals surface area contributed by atoms with E-state index in [-0.39, 0.29) is 5.56 Å². The minimum Gasteiger partial charge on any atom is -0.384 e. The van der Waals surface area contributed by atoms with Gasteiger partial charge in [-0.1, -0.05) is 42.0 Å². The molecule has 0 aliphatic rings. The molecule has 0 bridgehead atoms. The van der Waals surface area contributed by atoms with Crippen LogP contribution in [0, 0.1) is 12.7 Å². The van der Waals surface area contributed by atoms with Crippen molar-refractivity contribution in [3.63, 3.8) is 0 Å². The molecule has 1 nitrogen and oxygen atoms in total. The van der Waals surface area contributed by atoms with E-state index in [1.165, 1.54) is 0 Å². The Hall–Kier alpha value is -1.88. The van der Waals surface area contributed by atoms with Crippen molar-refractivity contribution in [3.8, 4) is 0 Å². The molecule has 0 fully saturated rings. The van der Waals surface area contributed by atoms with Crippen molar-refractivity contribution in [2.75, 3.05) is 0 Å². The highest BCUT2D eigenvalue weighted by atomic mass is 19.4. The van der Waals surface area contributed by atoms with E-state index < -0.39 is 23.7 Å². The molecule has 0 radical (unpaired) electrons. The van der Waals surface area contributed by atoms with Gasteiger partial charge in [-0.2, -0.15) is 13.2 Å². The van der Waals surface area contributed by atoms with Gasteiger partial charge in [0, 0.05) is 5.56 Å². The van der Waals surface area contributed by atoms with Crippen molar-refractivity contribution < 1.29 is 22.7 Å². The topological polar surface area (TPSA) is 20.2 Å². The number of rotatable bonds is 2. The summed E-state index contributed by atoms with van der Waals surface area (Å²) in [5.41, 5.74) is -0.482. The molecule has 0 aliphatic heterocycles. The van der Waals surface area contributed by atoms with Crippen LogP contribution in [0.2, 0.25) is 0 Å². The molecule has 0 saturated carbocycles. The first-order valence-corrected chi connectivity index (χ1v) is 5.91. The maximum absolute atomic E-state index is 13.9. The number of alkyl halides is 3. The summed E-state index contributed by atoms with van der Waals surface area (Å²) < 4.78 is 51.8. The highest BCUT2D eigenvalue weighted by Gasteiger charge is 2.35. The van der Waals surface area contributed by atoms with Gasteiger partial charge < -0.3 is 5.11 Å². The summed E-state index contributed by atoms with van der Waals surface area (Å²) in [7, 11) is 0. The minimum atomic E-state index is -4.78. The first kappa shape index (κ1) is 14.5. The average Bonchev–Trinajstić information content (AvgIpc) is 2.37. The summed E-state index contributed by atoms with van der Waals surface area (Å²) >= 11 is 0. The molecular weight excluding hydrogens is 272 g/mol. The van der Waals surface area contributed by atoms with E-state index in [9.17, 15) is 22.7 Å². The van der Waals surface area contributed by atoms with Gasteiger partial charge in [0.15, 0.2) is 0 Å². The normalized spacial score (nSPS) is 13.3. The predicted molar refractivity (Wildman–Crippen MR) is 66.6 cm³/mol. The summed E-state index contributed by atoms with van der Waals surface area (Å²) in [5, 5.41) is 10.0. The zero-order chi connectivity index (χ0) is 14.9. The minimum absolute atomic E-state index is 0.342. The molecule has 106 valence electrons. The van der Waals surface area contributed by atoms with Gasteiger partial charge in [-0.25, -0.2) is 4.39 Å². The SMILES string of the molecule is Cc1ccc(C(O)c2cccc(C(F)(F)F)c2F)cc1. The van der Waals surface area contributed by atoms with Gasteiger partial charge in [0.05, 0.1) is 5.56 Å². The van der Waals surface area contributed by atoms with Gasteiger partial charge in [0.2, 0.25) is 0 Å². The molecule has 1 unspecified atom stereocenters. The van der Waals surface area contributed by atoms with Crippen LogP contribution in [0.15, 0.2) is 42.5 Å². The van der Waals surface area contributed by atoms with Crippen LogP contribution < -0.4 is 0 Å². The van der Waals surface area contributed by atoms with Crippen LogP contribution >= 0.6 is 0 Å². The van der Waals surface area contributed by atoms with Gasteiger partial charge in [-0.3, -0.25) is 0 Å². The zero-order valence-electron chi connectivity index (χ0n) is 10.6. The van der Waals surface area contributed by atoms with Gasteiger partial charge >= 0.3 is 6.18 Å². The largest absolute Gasteiger partial charge is 0.419 e. The summed E-state index contributed by atoms with van der Waals surface area (Å²) in [5.74, 6) is -1.44. The lowest BCUT2D eigenvalue weighted by Crippen LogP contribution is -2.12. The van der Waals surface area contributed by atoms with E-state index in [4.69, 9.17) is 0 Å². The predicted octanol–water partition coefficient (Wildman–Crippen LogP) is 4.23. The number of halogens is 4. The van der Waals surface area contributed by atoms with Gasteiger partial charge in [-0.05, 0) is 18.6 Å². The van der Waals surface area contributed by atoms with Gasteiger partial charge in [0.25, 0.3) is 0 Å². The fourth-order valence-electron chi connectivity index (χ4n) is 1.91. The van der Waals surface area contributed by atoms with Crippen molar-refractivity contribution in [3.05, 3.63) is 70.5 Å². The summed E-state index contributed by atoms with van der Waals surface area (Å²) in [6, 6.07) is 9.39. The first-order valence-electron chi connectivity index (χ1n) is 5.91. The van der Waals surface area contributed by atoms with Gasteiger partial charge in [0.1, 0.15) is 11.9 Å². The summed E-state index contributed by atoms with van der Waals surface area (Å²) in [4.78, 5) is 0. The molecule has 20 heavy (non-hydrogen) atoms. The van der Waals surface area contributed by atoms with Crippen LogP contribution in [0.3, 0.4) is 0 Å². The molecular formula is C15H12F4O. The first-order chi connectivity index (χ1) is 9.30. The molecule has 1 N–H and O–H groups in total. The van der Waals surface area contributed by atoms with Gasteiger partial charge in [-0.15, -0.1) is 0 Å². The number of hydrogen-bond donors (Lipinski definition) is 1. The smallest absolute Gasteiger partial charge is 0.384 e. The lowest BCUT2D eigenvalue weighted by Gasteiger charge is -2.16. The molecule has 2 aromatic rings. The Kier molecular flexibility index (Phi) is 3.81. The molecule has 0 amide bonds. The van der Waals surface area contributed by atoms with Crippen LogP contribution in [0.4, 0.5) is 17.6 Å². The van der Waals surface area contributed by atoms with E-state index in [1.54, 1.807) is 24.3 Å². The Morgan fingerprint density at radius 1 is 1.00 bits per heavy atom. The second-order valence-corrected chi connectivity index (χ2v) is 4.52. The fraction of sp³-hybridized carbons (Fsp3) is 0.200. The Morgan fingerprint density at radius 2 is 1.60 bits per heavy atom. The third-order valence-corrected chi connectivity index (χ3v) is 3.02. The molecule has 0 saturated heterocycles. The Morgan fingerprint density at radius 3 is 2.15 bits per heavy atom. The standard InChI is InChI=1S/C15H12F4O/c1-9-5-7-10(8-6-9)14(20)11-3-2-4-12(13(11)16)15(17,18)19/h2-8,14,20H,1H3. The van der Waals surface area contributed by atoms with E-state index in [0.717, 1.165) is 17.7 Å². The molecule has 5 heteroatoms. The van der Waals surface area contributed by atoms with Crippen LogP contribution in [-0.4, -0.2) is 5.11 Å². The lowest BCUT2D eigenvalue weighted by molar-refractivity contribution is -0.140. The number of aliphatic hydroxyl groups excluding tert-OH is 1. The number of aliphatic hydroxyl groups is 1. The van der Waals surface area contributed by atoms with E-state index in [2.05, 4.69) is 0 Å². The van der Waals surface area contributed by atoms with Crippen molar-refractivity contribution >= 4 is 0 Å². The average molecular weight is 284 g/mol. The lowest BCUT2D eigenvalue weighted by atomic mass is 9.98. The molecule has 1 atom stereocenters. The Labute approximate surface area is 113 Å². The molecule has 0 spiro atoms. The molecule has 2 aromatic carbocycles. The summed E-state index contributed by atoms with van der Waals surface area (Å²) in [6.45, 7) is 1.83. The fourth-order valence-corrected chi connectivity index (χ4v) is 1.91. The maximum atomic E-state index is 13.9. The molecule has 2 rings (SSSR count). The third kappa shape index (κ3) is 2.82. The highest BCUT2D eigenvalue weighted by Crippen LogP contribution is 2.35. The van der Waals surface area contributed by atoms with Crippen LogP contribution in [-0.2, 0) is 6.18 Å². The van der Waals surface area contributed by atoms with Crippen molar-refractivity contribution in [1.29, 1.82) is 0 Å². The van der Waals surface area contributed by atoms with Crippen molar-refractivity contribution in [2.45, 2.75) is 19.2 Å². The maximum Gasteiger partial charge on any atom is 0.419 e. The second kappa shape index (κ2) is 5.25. The van der Waals surface area contributed by atoms with Crippen LogP contribution in [0.1, 0.15) is 28.4 Å². The number of benzene rings is 2. The molecule has 0 aliphatic carbocycles. The zero-order valence-corrected chi connectivity index (χ0v) is 10.6. The Bertz CT molecular complexity index is 602. The molecule has 0 aromatic heterocycles. The van der Waals surface area contributed by atoms with Crippen molar-refractivity contribution in [1.82, 2.24) is 0 Å². The Balaban J connectivity index is 2.45. The monoisotopic (exact) mass is 284 g/mol. The van der Waals surface area contributed by atoms with Crippen LogP contribution in [0.5, 0.6) is 0 Å². The quantitative estimate of drug-likeness (QED) is 0.818.